The minimum absolute atomic E-state index is 0.000172. The summed E-state index contributed by atoms with van der Waals surface area (Å²) in [5.41, 5.74) is 2.64. The van der Waals surface area contributed by atoms with Crippen LogP contribution in [0.4, 0.5) is 13.2 Å². The van der Waals surface area contributed by atoms with Gasteiger partial charge in [0.1, 0.15) is 11.4 Å². The summed E-state index contributed by atoms with van der Waals surface area (Å²) in [6, 6.07) is 7.16. The second kappa shape index (κ2) is 11.5. The van der Waals surface area contributed by atoms with E-state index in [4.69, 9.17) is 9.47 Å². The first kappa shape index (κ1) is 25.6. The van der Waals surface area contributed by atoms with E-state index in [1.165, 1.54) is 0 Å². The number of carbonyl (C=O) groups is 1. The average molecular weight is 508 g/mol. The SMILES string of the molecule is COCCCn1nc2c(c1-c1nn[nH]n1)C(=O)N[C@@H](CCc1cccc(OCCCC(F)(F)F)c1)C2. The summed E-state index contributed by atoms with van der Waals surface area (Å²) in [6.45, 7) is 1.09. The van der Waals surface area contributed by atoms with Gasteiger partial charge in [-0.1, -0.05) is 12.1 Å². The third-order valence-corrected chi connectivity index (χ3v) is 5.86. The van der Waals surface area contributed by atoms with Crippen molar-refractivity contribution in [2.45, 2.75) is 57.3 Å². The summed E-state index contributed by atoms with van der Waals surface area (Å²) in [4.78, 5) is 13.1. The molecule has 1 aliphatic rings. The number of aromatic amines is 1. The monoisotopic (exact) mass is 507 g/mol. The molecule has 3 heterocycles. The van der Waals surface area contributed by atoms with E-state index in [1.807, 2.05) is 18.2 Å². The Hall–Kier alpha value is -3.48. The predicted molar refractivity (Wildman–Crippen MR) is 122 cm³/mol. The third-order valence-electron chi connectivity index (χ3n) is 5.86. The Labute approximate surface area is 205 Å². The van der Waals surface area contributed by atoms with E-state index in [0.29, 0.717) is 67.4 Å². The lowest BCUT2D eigenvalue weighted by Gasteiger charge is -2.23. The topological polar surface area (TPSA) is 120 Å². The van der Waals surface area contributed by atoms with Gasteiger partial charge >= 0.3 is 6.18 Å². The summed E-state index contributed by atoms with van der Waals surface area (Å²) in [5.74, 6) is 0.604. The lowest BCUT2D eigenvalue weighted by Crippen LogP contribution is -2.41. The zero-order valence-corrected chi connectivity index (χ0v) is 19.8. The van der Waals surface area contributed by atoms with Gasteiger partial charge in [0, 0.05) is 39.1 Å². The Morgan fingerprint density at radius 1 is 1.22 bits per heavy atom. The van der Waals surface area contributed by atoms with E-state index in [9.17, 15) is 18.0 Å². The van der Waals surface area contributed by atoms with Crippen molar-refractivity contribution in [1.82, 2.24) is 35.7 Å². The minimum Gasteiger partial charge on any atom is -0.494 e. The standard InChI is InChI=1S/C23H28F3N7O3/c1-35-11-4-10-33-20(21-28-31-32-29-21)19-18(30-33)14-16(27-22(19)34)8-7-15-5-2-6-17(13-15)36-12-3-9-23(24,25)26/h2,5-6,13,16H,3-4,7-12,14H2,1H3,(H,27,34)(H,28,29,31,32)/t16-/m0/s1. The molecule has 0 saturated carbocycles. The fraction of sp³-hybridized carbons (Fsp3) is 0.522. The lowest BCUT2D eigenvalue weighted by molar-refractivity contribution is -0.136. The predicted octanol–water partition coefficient (Wildman–Crippen LogP) is 3.11. The van der Waals surface area contributed by atoms with Crippen molar-refractivity contribution in [3.8, 4) is 17.3 Å². The number of carbonyl (C=O) groups excluding carboxylic acids is 1. The second-order valence-electron chi connectivity index (χ2n) is 8.60. The molecule has 0 spiro atoms. The number of ether oxygens (including phenoxy) is 2. The van der Waals surface area contributed by atoms with Crippen LogP contribution in [0.15, 0.2) is 24.3 Å². The van der Waals surface area contributed by atoms with Gasteiger partial charge < -0.3 is 14.8 Å². The summed E-state index contributed by atoms with van der Waals surface area (Å²) in [5, 5.41) is 21.9. The molecule has 2 N–H and O–H groups in total. The van der Waals surface area contributed by atoms with Crippen LogP contribution in [0, 0.1) is 0 Å². The number of tetrazole rings is 1. The largest absolute Gasteiger partial charge is 0.494 e. The maximum atomic E-state index is 13.1. The van der Waals surface area contributed by atoms with Gasteiger partial charge in [-0.2, -0.15) is 23.5 Å². The molecular weight excluding hydrogens is 479 g/mol. The number of aromatic nitrogens is 6. The number of halogens is 3. The van der Waals surface area contributed by atoms with Crippen LogP contribution in [0.1, 0.15) is 47.3 Å². The van der Waals surface area contributed by atoms with Crippen molar-refractivity contribution in [3.05, 3.63) is 41.1 Å². The van der Waals surface area contributed by atoms with Crippen LogP contribution in [0.5, 0.6) is 5.75 Å². The molecule has 1 aliphatic heterocycles. The van der Waals surface area contributed by atoms with Crippen molar-refractivity contribution in [2.24, 2.45) is 0 Å². The normalized spacial score (nSPS) is 15.6. The summed E-state index contributed by atoms with van der Waals surface area (Å²) >= 11 is 0. The number of amides is 1. The number of H-pyrrole nitrogens is 1. The van der Waals surface area contributed by atoms with Gasteiger partial charge in [-0.25, -0.2) is 0 Å². The van der Waals surface area contributed by atoms with Crippen LogP contribution in [0.2, 0.25) is 0 Å². The fourth-order valence-electron chi connectivity index (χ4n) is 4.21. The molecule has 0 unspecified atom stereocenters. The first-order chi connectivity index (χ1) is 17.3. The van der Waals surface area contributed by atoms with Gasteiger partial charge in [-0.15, -0.1) is 10.2 Å². The molecule has 10 nitrogen and oxygen atoms in total. The van der Waals surface area contributed by atoms with E-state index >= 15 is 0 Å². The molecule has 2 aromatic heterocycles. The first-order valence-corrected chi connectivity index (χ1v) is 11.8. The third kappa shape index (κ3) is 6.59. The lowest BCUT2D eigenvalue weighted by atomic mass is 9.95. The Morgan fingerprint density at radius 2 is 2.08 bits per heavy atom. The van der Waals surface area contributed by atoms with Crippen molar-refractivity contribution < 1.29 is 27.4 Å². The molecular formula is C23H28F3N7O3. The molecule has 3 aromatic rings. The molecule has 1 aromatic carbocycles. The molecule has 36 heavy (non-hydrogen) atoms. The van der Waals surface area contributed by atoms with Gasteiger partial charge in [0.15, 0.2) is 0 Å². The Bertz CT molecular complexity index is 1150. The van der Waals surface area contributed by atoms with Crippen molar-refractivity contribution in [2.75, 3.05) is 20.3 Å². The highest BCUT2D eigenvalue weighted by Gasteiger charge is 2.33. The van der Waals surface area contributed by atoms with Crippen molar-refractivity contribution in [1.29, 1.82) is 0 Å². The number of nitrogens with zero attached hydrogens (tertiary/aromatic N) is 5. The van der Waals surface area contributed by atoms with Gasteiger partial charge in [0.2, 0.25) is 5.82 Å². The zero-order valence-electron chi connectivity index (χ0n) is 19.8. The Morgan fingerprint density at radius 3 is 2.83 bits per heavy atom. The number of methoxy groups -OCH3 is 1. The number of alkyl halides is 3. The number of aryl methyl sites for hydroxylation is 2. The fourth-order valence-corrected chi connectivity index (χ4v) is 4.21. The maximum absolute atomic E-state index is 13.1. The summed E-state index contributed by atoms with van der Waals surface area (Å²) < 4.78 is 49.2. The summed E-state index contributed by atoms with van der Waals surface area (Å²) in [7, 11) is 1.63. The molecule has 13 heteroatoms. The maximum Gasteiger partial charge on any atom is 0.389 e. The molecule has 0 aliphatic carbocycles. The molecule has 1 atom stereocenters. The van der Waals surface area contributed by atoms with Crippen LogP contribution in [0.25, 0.3) is 11.5 Å². The number of benzene rings is 1. The van der Waals surface area contributed by atoms with Gasteiger partial charge in [0.05, 0.1) is 17.9 Å². The molecule has 1 amide bonds. The Balaban J connectivity index is 1.39. The van der Waals surface area contributed by atoms with Crippen molar-refractivity contribution >= 4 is 5.91 Å². The highest BCUT2D eigenvalue weighted by molar-refractivity contribution is 6.01. The van der Waals surface area contributed by atoms with Crippen LogP contribution in [0.3, 0.4) is 0 Å². The quantitative estimate of drug-likeness (QED) is 0.362. The van der Waals surface area contributed by atoms with Crippen LogP contribution in [-0.2, 0) is 24.1 Å². The molecule has 0 saturated heterocycles. The van der Waals surface area contributed by atoms with E-state index < -0.39 is 12.6 Å². The van der Waals surface area contributed by atoms with Gasteiger partial charge in [-0.05, 0) is 48.6 Å². The van der Waals surface area contributed by atoms with E-state index in [0.717, 1.165) is 5.56 Å². The zero-order chi connectivity index (χ0) is 25.5. The molecule has 194 valence electrons. The van der Waals surface area contributed by atoms with Gasteiger partial charge in [-0.3, -0.25) is 9.48 Å². The Kier molecular flexibility index (Phi) is 8.18. The van der Waals surface area contributed by atoms with E-state index in [1.54, 1.807) is 17.9 Å². The summed E-state index contributed by atoms with van der Waals surface area (Å²) in [6.07, 6.45) is -2.55. The number of rotatable bonds is 12. The molecule has 4 rings (SSSR count). The van der Waals surface area contributed by atoms with Crippen LogP contribution < -0.4 is 10.1 Å². The van der Waals surface area contributed by atoms with Crippen molar-refractivity contribution in [3.63, 3.8) is 0 Å². The van der Waals surface area contributed by atoms with Crippen LogP contribution >= 0.6 is 0 Å². The van der Waals surface area contributed by atoms with Gasteiger partial charge in [0.25, 0.3) is 5.91 Å². The number of nitrogens with one attached hydrogen (secondary N) is 2. The molecule has 0 fully saturated rings. The van der Waals surface area contributed by atoms with E-state index in [2.05, 4.69) is 31.0 Å². The number of hydrogen-bond acceptors (Lipinski definition) is 7. The average Bonchev–Trinajstić information content (AvgIpc) is 3.48. The minimum atomic E-state index is -4.18. The smallest absolute Gasteiger partial charge is 0.389 e. The molecule has 0 bridgehead atoms. The molecule has 0 radical (unpaired) electrons. The second-order valence-corrected chi connectivity index (χ2v) is 8.60. The highest BCUT2D eigenvalue weighted by atomic mass is 19.4. The first-order valence-electron chi connectivity index (χ1n) is 11.8. The highest BCUT2D eigenvalue weighted by Crippen LogP contribution is 2.28. The van der Waals surface area contributed by atoms with E-state index in [-0.39, 0.29) is 25.0 Å². The number of hydrogen-bond donors (Lipinski definition) is 2. The van der Waals surface area contributed by atoms with Crippen LogP contribution in [-0.4, -0.2) is 68.9 Å². The number of fused-ring (bicyclic) bond motifs is 1.